The summed E-state index contributed by atoms with van der Waals surface area (Å²) in [6.07, 6.45) is -0.575. The molecule has 9 aromatic carbocycles. The summed E-state index contributed by atoms with van der Waals surface area (Å²) >= 11 is 0. The zero-order chi connectivity index (χ0) is 40.5. The Balaban J connectivity index is 1.08. The Hall–Kier alpha value is -8.42. The number of nitrogens with zero attached hydrogens (tertiary/aromatic N) is 4. The third-order valence-corrected chi connectivity index (χ3v) is 12.8. The van der Waals surface area contributed by atoms with E-state index in [1.165, 1.54) is 21.5 Å². The molecule has 1 aliphatic rings. The summed E-state index contributed by atoms with van der Waals surface area (Å²) in [6, 6.07) is 66.1. The molecule has 7 nitrogen and oxygen atoms in total. The fourth-order valence-electron chi connectivity index (χ4n) is 10.0. The van der Waals surface area contributed by atoms with Gasteiger partial charge in [0.1, 0.15) is 22.3 Å². The number of amidine groups is 1. The van der Waals surface area contributed by atoms with Crippen molar-refractivity contribution in [3.05, 3.63) is 199 Å². The summed E-state index contributed by atoms with van der Waals surface area (Å²) < 4.78 is 17.8. The van der Waals surface area contributed by atoms with Crippen LogP contribution in [-0.4, -0.2) is 20.9 Å². The minimum absolute atomic E-state index is 0.575. The second-order valence-corrected chi connectivity index (χ2v) is 16.2. The third kappa shape index (κ3) is 4.70. The van der Waals surface area contributed by atoms with E-state index in [1.807, 2.05) is 24.3 Å². The van der Waals surface area contributed by atoms with Crippen molar-refractivity contribution < 1.29 is 8.83 Å². The van der Waals surface area contributed by atoms with Gasteiger partial charge in [-0.25, -0.2) is 4.99 Å². The Kier molecular flexibility index (Phi) is 6.76. The standard InChI is InChI=1S/C55H33N5O2/c1-2-14-33-30-46-42(29-32(33)13-1)37-17-5-8-20-43(37)59(46)52-41(27-28-49-51(52)40-19-7-12-24-48(40)61-49)54-56-53(34-25-26-39-38-18-6-11-23-47(38)62-50(39)31-34)57-55(58-54)60-44-21-9-3-15-35(44)36-16-4-10-22-45(36)60/h1-31,54H,(H,56,57,58). The number of nitrogens with one attached hydrogen (secondary N) is 1. The quantitative estimate of drug-likeness (QED) is 0.194. The summed E-state index contributed by atoms with van der Waals surface area (Å²) in [5.74, 6) is 1.28. The number of rotatable bonds is 3. The smallest absolute Gasteiger partial charge is 0.211 e. The normalized spacial score (nSPS) is 14.6. The molecule has 1 N–H and O–H groups in total. The van der Waals surface area contributed by atoms with Gasteiger partial charge in [-0.15, -0.1) is 0 Å². The molecule has 0 saturated heterocycles. The molecular weight excluding hydrogens is 763 g/mol. The van der Waals surface area contributed by atoms with Gasteiger partial charge in [-0.3, -0.25) is 4.57 Å². The van der Waals surface area contributed by atoms with Crippen LogP contribution in [-0.2, 0) is 0 Å². The molecule has 13 aromatic rings. The van der Waals surface area contributed by atoms with E-state index in [9.17, 15) is 0 Å². The van der Waals surface area contributed by atoms with E-state index in [0.29, 0.717) is 11.8 Å². The number of hydrogen-bond donors (Lipinski definition) is 1. The van der Waals surface area contributed by atoms with Gasteiger partial charge in [0.25, 0.3) is 0 Å². The van der Waals surface area contributed by atoms with Crippen molar-refractivity contribution in [2.45, 2.75) is 6.17 Å². The minimum atomic E-state index is -0.575. The summed E-state index contributed by atoms with van der Waals surface area (Å²) in [4.78, 5) is 11.0. The molecule has 0 radical (unpaired) electrons. The van der Waals surface area contributed by atoms with Crippen molar-refractivity contribution in [3.8, 4) is 5.69 Å². The van der Waals surface area contributed by atoms with E-state index in [1.54, 1.807) is 0 Å². The van der Waals surface area contributed by atoms with Crippen LogP contribution in [0.25, 0.3) is 104 Å². The zero-order valence-electron chi connectivity index (χ0n) is 33.1. The molecule has 4 aromatic heterocycles. The zero-order valence-corrected chi connectivity index (χ0v) is 33.1. The lowest BCUT2D eigenvalue weighted by molar-refractivity contribution is 0.654. The number of para-hydroxylation sites is 5. The Bertz CT molecular complexity index is 4050. The number of aromatic nitrogens is 2. The minimum Gasteiger partial charge on any atom is -0.456 e. The highest BCUT2D eigenvalue weighted by Gasteiger charge is 2.30. The number of fused-ring (bicyclic) bond motifs is 13. The highest BCUT2D eigenvalue weighted by molar-refractivity contribution is 6.20. The summed E-state index contributed by atoms with van der Waals surface area (Å²) in [5, 5.41) is 15.2. The molecule has 62 heavy (non-hydrogen) atoms. The number of benzene rings is 9. The Labute approximate surface area is 353 Å². The Morgan fingerprint density at radius 2 is 0.984 bits per heavy atom. The van der Waals surface area contributed by atoms with E-state index in [0.717, 1.165) is 93.5 Å². The predicted octanol–water partition coefficient (Wildman–Crippen LogP) is 13.8. The number of hydrogen-bond acceptors (Lipinski definition) is 5. The van der Waals surface area contributed by atoms with Crippen molar-refractivity contribution >= 4 is 110 Å². The summed E-state index contributed by atoms with van der Waals surface area (Å²) in [6.45, 7) is 0. The van der Waals surface area contributed by atoms with Gasteiger partial charge in [-0.05, 0) is 77.5 Å². The molecule has 0 saturated carbocycles. The summed E-state index contributed by atoms with van der Waals surface area (Å²) in [5.41, 5.74) is 10.4. The van der Waals surface area contributed by atoms with Gasteiger partial charge < -0.3 is 18.7 Å². The predicted molar refractivity (Wildman–Crippen MR) is 254 cm³/mol. The SMILES string of the molecule is c1ccc2cc3c(cc2c1)c1ccccc1n3-c1c(C2N=C(c3ccc4c(c3)oc3ccccc34)N=C(n3c4ccccc4c4ccccc43)N2)ccc2oc3ccccc3c12. The number of aliphatic imine (C=N–C) groups is 2. The molecule has 14 rings (SSSR count). The highest BCUT2D eigenvalue weighted by Crippen LogP contribution is 2.44. The molecule has 1 atom stereocenters. The van der Waals surface area contributed by atoms with Crippen molar-refractivity contribution in [3.63, 3.8) is 0 Å². The fourth-order valence-corrected chi connectivity index (χ4v) is 10.0. The second-order valence-electron chi connectivity index (χ2n) is 16.2. The Morgan fingerprint density at radius 1 is 0.419 bits per heavy atom. The monoisotopic (exact) mass is 795 g/mol. The maximum atomic E-state index is 6.65. The van der Waals surface area contributed by atoms with Gasteiger partial charge in [0, 0.05) is 48.8 Å². The third-order valence-electron chi connectivity index (χ3n) is 12.8. The van der Waals surface area contributed by atoms with Crippen LogP contribution >= 0.6 is 0 Å². The maximum absolute atomic E-state index is 6.65. The molecule has 0 bridgehead atoms. The van der Waals surface area contributed by atoms with E-state index in [-0.39, 0.29) is 0 Å². The largest absolute Gasteiger partial charge is 0.456 e. The van der Waals surface area contributed by atoms with Gasteiger partial charge in [0.2, 0.25) is 5.96 Å². The lowest BCUT2D eigenvalue weighted by atomic mass is 10.0. The van der Waals surface area contributed by atoms with Crippen molar-refractivity contribution in [1.29, 1.82) is 0 Å². The Morgan fingerprint density at radius 3 is 1.73 bits per heavy atom. The van der Waals surface area contributed by atoms with Crippen LogP contribution in [0.15, 0.2) is 207 Å². The van der Waals surface area contributed by atoms with Crippen LogP contribution in [0.2, 0.25) is 0 Å². The van der Waals surface area contributed by atoms with Crippen LogP contribution in [0, 0.1) is 0 Å². The highest BCUT2D eigenvalue weighted by atomic mass is 16.3. The van der Waals surface area contributed by atoms with Crippen LogP contribution in [0.5, 0.6) is 0 Å². The van der Waals surface area contributed by atoms with Crippen molar-refractivity contribution in [1.82, 2.24) is 14.5 Å². The van der Waals surface area contributed by atoms with Gasteiger partial charge in [-0.1, -0.05) is 121 Å². The molecule has 1 aliphatic heterocycles. The molecule has 290 valence electrons. The molecule has 0 amide bonds. The molecule has 7 heteroatoms. The fraction of sp³-hybridized carbons (Fsp3) is 0.0182. The first-order valence-corrected chi connectivity index (χ1v) is 20.9. The first-order valence-electron chi connectivity index (χ1n) is 20.9. The maximum Gasteiger partial charge on any atom is 0.211 e. The summed E-state index contributed by atoms with van der Waals surface area (Å²) in [7, 11) is 0. The molecule has 1 unspecified atom stereocenters. The average Bonchev–Trinajstić information content (AvgIpc) is 4.08. The van der Waals surface area contributed by atoms with Gasteiger partial charge in [0.05, 0.1) is 33.1 Å². The topological polar surface area (TPSA) is 72.9 Å². The van der Waals surface area contributed by atoms with Crippen LogP contribution in [0.3, 0.4) is 0 Å². The van der Waals surface area contributed by atoms with Crippen LogP contribution in [0.4, 0.5) is 0 Å². The number of furan rings is 2. The van der Waals surface area contributed by atoms with E-state index in [2.05, 4.69) is 178 Å². The lowest BCUT2D eigenvalue weighted by Crippen LogP contribution is -2.37. The first-order chi connectivity index (χ1) is 30.7. The lowest BCUT2D eigenvalue weighted by Gasteiger charge is -2.27. The van der Waals surface area contributed by atoms with E-state index in [4.69, 9.17) is 18.8 Å². The first kappa shape index (κ1) is 33.4. The van der Waals surface area contributed by atoms with Crippen LogP contribution in [0.1, 0.15) is 17.3 Å². The molecule has 0 aliphatic carbocycles. The van der Waals surface area contributed by atoms with Crippen LogP contribution < -0.4 is 5.32 Å². The van der Waals surface area contributed by atoms with Gasteiger partial charge in [-0.2, -0.15) is 4.99 Å². The molecule has 5 heterocycles. The van der Waals surface area contributed by atoms with Gasteiger partial charge >= 0.3 is 0 Å². The molecule has 0 fully saturated rings. The van der Waals surface area contributed by atoms with E-state index >= 15 is 0 Å². The van der Waals surface area contributed by atoms with Gasteiger partial charge in [0.15, 0.2) is 12.0 Å². The van der Waals surface area contributed by atoms with Crippen molar-refractivity contribution in [2.75, 3.05) is 0 Å². The van der Waals surface area contributed by atoms with Crippen molar-refractivity contribution in [2.24, 2.45) is 9.98 Å². The second kappa shape index (κ2) is 12.5. The molecular formula is C55H33N5O2. The average molecular weight is 796 g/mol. The molecule has 0 spiro atoms. The van der Waals surface area contributed by atoms with E-state index < -0.39 is 6.17 Å².